The summed E-state index contributed by atoms with van der Waals surface area (Å²) in [5.74, 6) is 0. The molecule has 1 aromatic rings. The highest BCUT2D eigenvalue weighted by molar-refractivity contribution is 5.30. The van der Waals surface area contributed by atoms with E-state index in [0.29, 0.717) is 0 Å². The maximum absolute atomic E-state index is 9.38. The molecule has 54 valence electrons. The number of rotatable bonds is 0. The van der Waals surface area contributed by atoms with Crippen LogP contribution in [0.4, 0.5) is 0 Å². The zero-order valence-corrected chi connectivity index (χ0v) is 6.04. The van der Waals surface area contributed by atoms with Gasteiger partial charge in [0.25, 0.3) is 0 Å². The molecule has 0 spiro atoms. The molecule has 1 aliphatic rings. The zero-order valence-electron chi connectivity index (χ0n) is 6.04. The fourth-order valence-electron chi connectivity index (χ4n) is 1.62. The summed E-state index contributed by atoms with van der Waals surface area (Å²) in [6, 6.07) is 0. The molecule has 2 heteroatoms. The molecule has 0 aromatic carbocycles. The van der Waals surface area contributed by atoms with Gasteiger partial charge in [-0.25, -0.2) is 0 Å². The van der Waals surface area contributed by atoms with E-state index >= 15 is 0 Å². The lowest BCUT2D eigenvalue weighted by Crippen LogP contribution is -1.89. The Labute approximate surface area is 60.1 Å². The first kappa shape index (κ1) is 5.98. The molecule has 10 heavy (non-hydrogen) atoms. The molecule has 1 atom stereocenters. The van der Waals surface area contributed by atoms with E-state index < -0.39 is 0 Å². The van der Waals surface area contributed by atoms with Crippen LogP contribution in [0, 0.1) is 0 Å². The number of hydrogen-bond donors (Lipinski definition) is 1. The first-order valence-corrected chi connectivity index (χ1v) is 3.60. The minimum atomic E-state index is -0.198. The highest BCUT2D eigenvalue weighted by Crippen LogP contribution is 2.30. The summed E-state index contributed by atoms with van der Waals surface area (Å²) in [4.78, 5) is 0. The van der Waals surface area contributed by atoms with Gasteiger partial charge in [-0.15, -0.1) is 0 Å². The van der Waals surface area contributed by atoms with Crippen molar-refractivity contribution in [2.45, 2.75) is 18.9 Å². The standard InChI is InChI=1S/C8H11NO/c1-9-4-6-2-3-8(10)7(6)5-9/h4-5,8,10H,2-3H2,1H3/t8-/m1/s1. The first-order valence-electron chi connectivity index (χ1n) is 3.60. The van der Waals surface area contributed by atoms with Crippen molar-refractivity contribution in [3.8, 4) is 0 Å². The Bertz CT molecular complexity index is 252. The topological polar surface area (TPSA) is 25.2 Å². The molecule has 1 heterocycles. The molecule has 0 aliphatic heterocycles. The highest BCUT2D eigenvalue weighted by atomic mass is 16.3. The van der Waals surface area contributed by atoms with Crippen LogP contribution in [0.5, 0.6) is 0 Å². The van der Waals surface area contributed by atoms with Gasteiger partial charge >= 0.3 is 0 Å². The van der Waals surface area contributed by atoms with Crippen LogP contribution in [0.3, 0.4) is 0 Å². The molecule has 0 unspecified atom stereocenters. The van der Waals surface area contributed by atoms with E-state index in [9.17, 15) is 5.11 Å². The number of nitrogens with zero attached hydrogens (tertiary/aromatic N) is 1. The van der Waals surface area contributed by atoms with Crippen LogP contribution in [0.1, 0.15) is 23.7 Å². The summed E-state index contributed by atoms with van der Waals surface area (Å²) in [5, 5.41) is 9.38. The summed E-state index contributed by atoms with van der Waals surface area (Å²) < 4.78 is 2.01. The predicted octanol–water partition coefficient (Wildman–Crippen LogP) is 1.00. The van der Waals surface area contributed by atoms with E-state index in [1.165, 1.54) is 5.56 Å². The Kier molecular flexibility index (Phi) is 1.11. The van der Waals surface area contributed by atoms with E-state index in [1.807, 2.05) is 17.8 Å². The molecule has 0 fully saturated rings. The Balaban J connectivity index is 2.49. The van der Waals surface area contributed by atoms with Crippen LogP contribution in [-0.2, 0) is 13.5 Å². The van der Waals surface area contributed by atoms with Gasteiger partial charge in [0.1, 0.15) is 0 Å². The van der Waals surface area contributed by atoms with Crippen LogP contribution < -0.4 is 0 Å². The van der Waals surface area contributed by atoms with E-state index in [1.54, 1.807) is 0 Å². The molecule has 2 rings (SSSR count). The highest BCUT2D eigenvalue weighted by Gasteiger charge is 2.20. The lowest BCUT2D eigenvalue weighted by atomic mass is 10.2. The Morgan fingerprint density at radius 2 is 2.40 bits per heavy atom. The van der Waals surface area contributed by atoms with Gasteiger partial charge in [0.15, 0.2) is 0 Å². The van der Waals surface area contributed by atoms with Crippen molar-refractivity contribution in [1.82, 2.24) is 4.57 Å². The summed E-state index contributed by atoms with van der Waals surface area (Å²) in [6.07, 6.45) is 5.85. The molecule has 0 radical (unpaired) electrons. The van der Waals surface area contributed by atoms with Gasteiger partial charge in [0.05, 0.1) is 6.10 Å². The van der Waals surface area contributed by atoms with Crippen LogP contribution in [-0.4, -0.2) is 9.67 Å². The fourth-order valence-corrected chi connectivity index (χ4v) is 1.62. The number of aliphatic hydroxyl groups excluding tert-OH is 1. The van der Waals surface area contributed by atoms with Crippen molar-refractivity contribution in [2.24, 2.45) is 7.05 Å². The molecule has 0 saturated heterocycles. The smallest absolute Gasteiger partial charge is 0.0810 e. The number of aliphatic hydroxyl groups is 1. The maximum Gasteiger partial charge on any atom is 0.0810 e. The molecule has 1 N–H and O–H groups in total. The number of fused-ring (bicyclic) bond motifs is 1. The Morgan fingerprint density at radius 3 is 3.10 bits per heavy atom. The summed E-state index contributed by atoms with van der Waals surface area (Å²) >= 11 is 0. The van der Waals surface area contributed by atoms with Gasteiger partial charge in [-0.3, -0.25) is 0 Å². The number of hydrogen-bond acceptors (Lipinski definition) is 1. The van der Waals surface area contributed by atoms with Gasteiger partial charge in [0, 0.05) is 25.0 Å². The largest absolute Gasteiger partial charge is 0.388 e. The van der Waals surface area contributed by atoms with E-state index in [4.69, 9.17) is 0 Å². The monoisotopic (exact) mass is 137 g/mol. The van der Waals surface area contributed by atoms with E-state index in [-0.39, 0.29) is 6.10 Å². The van der Waals surface area contributed by atoms with Gasteiger partial charge in [-0.2, -0.15) is 0 Å². The maximum atomic E-state index is 9.38. The zero-order chi connectivity index (χ0) is 7.14. The lowest BCUT2D eigenvalue weighted by molar-refractivity contribution is 0.179. The van der Waals surface area contributed by atoms with Gasteiger partial charge in [0.2, 0.25) is 0 Å². The predicted molar refractivity (Wildman–Crippen MR) is 38.7 cm³/mol. The second-order valence-corrected chi connectivity index (χ2v) is 2.96. The average molecular weight is 137 g/mol. The molecule has 0 bridgehead atoms. The van der Waals surface area contributed by atoms with Crippen molar-refractivity contribution in [1.29, 1.82) is 0 Å². The molecular formula is C8H11NO. The number of aryl methyl sites for hydroxylation is 2. The molecule has 1 aromatic heterocycles. The van der Waals surface area contributed by atoms with Crippen LogP contribution in [0.2, 0.25) is 0 Å². The quantitative estimate of drug-likeness (QED) is 0.567. The number of aromatic nitrogens is 1. The van der Waals surface area contributed by atoms with Gasteiger partial charge < -0.3 is 9.67 Å². The SMILES string of the molecule is Cn1cc2c(c1)[C@H](O)CC2. The van der Waals surface area contributed by atoms with Crippen LogP contribution in [0.15, 0.2) is 12.4 Å². The Morgan fingerprint density at radius 1 is 1.60 bits per heavy atom. The molecule has 2 nitrogen and oxygen atoms in total. The molecular weight excluding hydrogens is 126 g/mol. The normalized spacial score (nSPS) is 23.2. The minimum absolute atomic E-state index is 0.198. The van der Waals surface area contributed by atoms with Crippen molar-refractivity contribution in [3.05, 3.63) is 23.5 Å². The van der Waals surface area contributed by atoms with Gasteiger partial charge in [-0.1, -0.05) is 0 Å². The van der Waals surface area contributed by atoms with Crippen LogP contribution >= 0.6 is 0 Å². The van der Waals surface area contributed by atoms with E-state index in [2.05, 4.69) is 6.20 Å². The fraction of sp³-hybridized carbons (Fsp3) is 0.500. The van der Waals surface area contributed by atoms with Crippen LogP contribution in [0.25, 0.3) is 0 Å². The molecule has 1 aliphatic carbocycles. The van der Waals surface area contributed by atoms with E-state index in [0.717, 1.165) is 18.4 Å². The molecule has 0 amide bonds. The first-order chi connectivity index (χ1) is 4.77. The van der Waals surface area contributed by atoms with Crippen molar-refractivity contribution < 1.29 is 5.11 Å². The summed E-state index contributed by atoms with van der Waals surface area (Å²) in [5.41, 5.74) is 2.44. The third-order valence-corrected chi connectivity index (χ3v) is 2.12. The summed E-state index contributed by atoms with van der Waals surface area (Å²) in [7, 11) is 1.99. The van der Waals surface area contributed by atoms with Gasteiger partial charge in [-0.05, 0) is 18.4 Å². The minimum Gasteiger partial charge on any atom is -0.388 e. The lowest BCUT2D eigenvalue weighted by Gasteiger charge is -1.97. The summed E-state index contributed by atoms with van der Waals surface area (Å²) in [6.45, 7) is 0. The van der Waals surface area contributed by atoms with Crippen molar-refractivity contribution in [2.75, 3.05) is 0 Å². The average Bonchev–Trinajstić information content (AvgIpc) is 2.35. The second-order valence-electron chi connectivity index (χ2n) is 2.96. The van der Waals surface area contributed by atoms with Crippen molar-refractivity contribution >= 4 is 0 Å². The molecule has 0 saturated carbocycles. The third-order valence-electron chi connectivity index (χ3n) is 2.12. The van der Waals surface area contributed by atoms with Crippen molar-refractivity contribution in [3.63, 3.8) is 0 Å². The Hall–Kier alpha value is -0.760. The second kappa shape index (κ2) is 1.86. The third kappa shape index (κ3) is 0.688.